The molecule has 0 aromatic carbocycles. The van der Waals surface area contributed by atoms with E-state index >= 15 is 0 Å². The average Bonchev–Trinajstić information content (AvgIpc) is 3.28. The Morgan fingerprint density at radius 2 is 2.04 bits per heavy atom. The minimum absolute atomic E-state index is 0.0657. The van der Waals surface area contributed by atoms with Crippen molar-refractivity contribution in [1.82, 2.24) is 20.0 Å². The summed E-state index contributed by atoms with van der Waals surface area (Å²) in [6.07, 6.45) is 6.95. The van der Waals surface area contributed by atoms with Crippen LogP contribution >= 0.6 is 0 Å². The zero-order valence-electron chi connectivity index (χ0n) is 17.0. The van der Waals surface area contributed by atoms with Crippen molar-refractivity contribution in [3.8, 4) is 0 Å². The highest BCUT2D eigenvalue weighted by Gasteiger charge is 2.43. The number of aromatic nitrogens is 2. The van der Waals surface area contributed by atoms with Crippen LogP contribution in [0.4, 0.5) is 0 Å². The summed E-state index contributed by atoms with van der Waals surface area (Å²) in [4.78, 5) is 14.3. The van der Waals surface area contributed by atoms with E-state index in [1.807, 2.05) is 6.20 Å². The number of ether oxygens (including phenoxy) is 1. The van der Waals surface area contributed by atoms with E-state index in [1.165, 1.54) is 24.1 Å². The summed E-state index contributed by atoms with van der Waals surface area (Å²) < 4.78 is 8.35. The molecule has 0 bridgehead atoms. The molecule has 2 aliphatic carbocycles. The summed E-state index contributed by atoms with van der Waals surface area (Å²) in [5.74, 6) is 2.17. The van der Waals surface area contributed by atoms with Crippen molar-refractivity contribution in [3.05, 3.63) is 17.5 Å². The van der Waals surface area contributed by atoms with E-state index < -0.39 is 0 Å². The summed E-state index contributed by atoms with van der Waals surface area (Å²) in [6.45, 7) is 11.0. The van der Waals surface area contributed by atoms with Crippen LogP contribution in [0.1, 0.15) is 50.8 Å². The first-order chi connectivity index (χ1) is 13.0. The predicted octanol–water partition coefficient (Wildman–Crippen LogP) is 2.35. The molecule has 4 atom stereocenters. The Bertz CT molecular complexity index is 669. The lowest BCUT2D eigenvalue weighted by atomic mass is 9.77. The second-order valence-corrected chi connectivity index (χ2v) is 8.88. The molecule has 150 valence electrons. The van der Waals surface area contributed by atoms with Crippen LogP contribution < -0.4 is 5.32 Å². The first-order valence-electron chi connectivity index (χ1n) is 10.7. The fourth-order valence-electron chi connectivity index (χ4n) is 4.98. The minimum atomic E-state index is 0.0657. The highest BCUT2D eigenvalue weighted by atomic mass is 16.5. The van der Waals surface area contributed by atoms with Crippen LogP contribution in [0.15, 0.2) is 6.20 Å². The van der Waals surface area contributed by atoms with E-state index in [2.05, 4.69) is 33.8 Å². The molecular weight excluding hydrogens is 340 g/mol. The molecule has 0 spiro atoms. The van der Waals surface area contributed by atoms with Gasteiger partial charge in [0.1, 0.15) is 0 Å². The van der Waals surface area contributed by atoms with E-state index in [1.54, 1.807) is 6.92 Å². The summed E-state index contributed by atoms with van der Waals surface area (Å²) in [5, 5.41) is 7.67. The van der Waals surface area contributed by atoms with Gasteiger partial charge in [-0.25, -0.2) is 0 Å². The van der Waals surface area contributed by atoms with Crippen molar-refractivity contribution in [2.24, 2.45) is 17.8 Å². The Hall–Kier alpha value is -1.40. The van der Waals surface area contributed by atoms with Crippen LogP contribution in [-0.2, 0) is 22.6 Å². The molecule has 1 aromatic rings. The Balaban J connectivity index is 1.38. The van der Waals surface area contributed by atoms with Gasteiger partial charge in [0, 0.05) is 51.0 Å². The molecule has 6 heteroatoms. The maximum Gasteiger partial charge on any atom is 0.217 e. The maximum atomic E-state index is 11.7. The van der Waals surface area contributed by atoms with Gasteiger partial charge < -0.3 is 10.1 Å². The number of likely N-dealkylation sites (tertiary alicyclic amines) is 1. The summed E-state index contributed by atoms with van der Waals surface area (Å²) in [5.41, 5.74) is 2.63. The Labute approximate surface area is 162 Å². The zero-order valence-corrected chi connectivity index (χ0v) is 17.0. The Kier molecular flexibility index (Phi) is 5.55. The van der Waals surface area contributed by atoms with Gasteiger partial charge in [0.25, 0.3) is 0 Å². The molecule has 4 rings (SSSR count). The first kappa shape index (κ1) is 18.9. The van der Waals surface area contributed by atoms with Crippen molar-refractivity contribution in [2.45, 2.75) is 71.7 Å². The van der Waals surface area contributed by atoms with Crippen LogP contribution in [0.25, 0.3) is 0 Å². The molecule has 3 aliphatic rings. The van der Waals surface area contributed by atoms with Gasteiger partial charge in [0.15, 0.2) is 0 Å². The molecule has 1 aromatic heterocycles. The quantitative estimate of drug-likeness (QED) is 0.796. The standard InChI is InChI=1S/C21H34N4O2/c1-4-25-14(2)19(9-22-25)12-24-10-17-7-20(23-15(3)26)21(8-18(17)11-24)27-13-16-5-6-16/h9,16-18,20-21H,4-8,10-13H2,1-3H3,(H,23,26)/t17-,18+,20-,21-/m1/s1. The molecule has 0 unspecified atom stereocenters. The second kappa shape index (κ2) is 7.92. The molecule has 27 heavy (non-hydrogen) atoms. The lowest BCUT2D eigenvalue weighted by molar-refractivity contribution is -0.122. The number of aryl methyl sites for hydroxylation is 1. The van der Waals surface area contributed by atoms with Crippen molar-refractivity contribution in [2.75, 3.05) is 19.7 Å². The van der Waals surface area contributed by atoms with Crippen molar-refractivity contribution < 1.29 is 9.53 Å². The fourth-order valence-corrected chi connectivity index (χ4v) is 4.98. The molecule has 1 aliphatic heterocycles. The first-order valence-corrected chi connectivity index (χ1v) is 10.7. The lowest BCUT2D eigenvalue weighted by Gasteiger charge is -2.38. The van der Waals surface area contributed by atoms with Crippen LogP contribution in [0.2, 0.25) is 0 Å². The molecular formula is C21H34N4O2. The van der Waals surface area contributed by atoms with E-state index in [-0.39, 0.29) is 18.1 Å². The van der Waals surface area contributed by atoms with Gasteiger partial charge in [-0.15, -0.1) is 0 Å². The number of fused-ring (bicyclic) bond motifs is 1. The molecule has 1 N–H and O–H groups in total. The lowest BCUT2D eigenvalue weighted by Crippen LogP contribution is -2.50. The fraction of sp³-hybridized carbons (Fsp3) is 0.810. The highest BCUT2D eigenvalue weighted by Crippen LogP contribution is 2.39. The Morgan fingerprint density at radius 3 is 2.67 bits per heavy atom. The normalized spacial score (nSPS) is 31.1. The van der Waals surface area contributed by atoms with Gasteiger partial charge >= 0.3 is 0 Å². The molecule has 2 heterocycles. The zero-order chi connectivity index (χ0) is 19.0. The van der Waals surface area contributed by atoms with Crippen LogP contribution in [0, 0.1) is 24.7 Å². The van der Waals surface area contributed by atoms with Crippen LogP contribution in [0.5, 0.6) is 0 Å². The monoisotopic (exact) mass is 374 g/mol. The van der Waals surface area contributed by atoms with Crippen LogP contribution in [-0.4, -0.2) is 52.4 Å². The summed E-state index contributed by atoms with van der Waals surface area (Å²) in [7, 11) is 0. The third-order valence-corrected chi connectivity index (χ3v) is 6.72. The van der Waals surface area contributed by atoms with Crippen molar-refractivity contribution >= 4 is 5.91 Å². The molecule has 0 radical (unpaired) electrons. The molecule has 3 fully saturated rings. The number of rotatable bonds is 7. The summed E-state index contributed by atoms with van der Waals surface area (Å²) in [6, 6.07) is 0.173. The van der Waals surface area contributed by atoms with Gasteiger partial charge in [-0.05, 0) is 57.3 Å². The SMILES string of the molecule is CCn1ncc(CN2C[C@H]3C[C@@H](NC(C)=O)[C@H](OCC4CC4)C[C@H]3C2)c1C. The molecule has 1 saturated heterocycles. The number of carbonyl (C=O) groups excluding carboxylic acids is 1. The van der Waals surface area contributed by atoms with E-state index in [4.69, 9.17) is 4.74 Å². The van der Waals surface area contributed by atoms with Crippen molar-refractivity contribution in [3.63, 3.8) is 0 Å². The third kappa shape index (κ3) is 4.37. The highest BCUT2D eigenvalue weighted by molar-refractivity contribution is 5.73. The van der Waals surface area contributed by atoms with Gasteiger partial charge in [-0.3, -0.25) is 14.4 Å². The average molecular weight is 375 g/mol. The molecule has 2 saturated carbocycles. The number of amides is 1. The maximum absolute atomic E-state index is 11.7. The van der Waals surface area contributed by atoms with Crippen LogP contribution in [0.3, 0.4) is 0 Å². The smallest absolute Gasteiger partial charge is 0.217 e. The minimum Gasteiger partial charge on any atom is -0.376 e. The van der Waals surface area contributed by atoms with E-state index in [9.17, 15) is 4.79 Å². The summed E-state index contributed by atoms with van der Waals surface area (Å²) >= 11 is 0. The largest absolute Gasteiger partial charge is 0.376 e. The topological polar surface area (TPSA) is 59.4 Å². The van der Waals surface area contributed by atoms with Gasteiger partial charge in [-0.1, -0.05) is 0 Å². The number of nitrogens with zero attached hydrogens (tertiary/aromatic N) is 3. The third-order valence-electron chi connectivity index (χ3n) is 6.72. The van der Waals surface area contributed by atoms with Gasteiger partial charge in [0.2, 0.25) is 5.91 Å². The second-order valence-electron chi connectivity index (χ2n) is 8.88. The predicted molar refractivity (Wildman–Crippen MR) is 104 cm³/mol. The van der Waals surface area contributed by atoms with Crippen molar-refractivity contribution in [1.29, 1.82) is 0 Å². The number of hydrogen-bond acceptors (Lipinski definition) is 4. The van der Waals surface area contributed by atoms with E-state index in [0.717, 1.165) is 51.5 Å². The Morgan fingerprint density at radius 1 is 1.30 bits per heavy atom. The van der Waals surface area contributed by atoms with Gasteiger partial charge in [0.05, 0.1) is 18.3 Å². The molecule has 1 amide bonds. The number of hydrogen-bond donors (Lipinski definition) is 1. The number of carbonyl (C=O) groups is 1. The molecule has 6 nitrogen and oxygen atoms in total. The van der Waals surface area contributed by atoms with Gasteiger partial charge in [-0.2, -0.15) is 5.10 Å². The van der Waals surface area contributed by atoms with E-state index in [0.29, 0.717) is 11.8 Å². The number of nitrogens with one attached hydrogen (secondary N) is 1.